The summed E-state index contributed by atoms with van der Waals surface area (Å²) in [6, 6.07) is 5.88. The first-order valence-electron chi connectivity index (χ1n) is 7.81. The average Bonchev–Trinajstić information content (AvgIpc) is 2.55. The topological polar surface area (TPSA) is 39.2 Å². The molecule has 1 aliphatic rings. The van der Waals surface area contributed by atoms with Crippen LogP contribution in [0.3, 0.4) is 0 Å². The van der Waals surface area contributed by atoms with Gasteiger partial charge in [0, 0.05) is 42.2 Å². The van der Waals surface area contributed by atoms with Crippen molar-refractivity contribution in [2.24, 2.45) is 5.92 Å². The van der Waals surface area contributed by atoms with E-state index in [2.05, 4.69) is 4.98 Å². The highest BCUT2D eigenvalue weighted by molar-refractivity contribution is 6.35. The van der Waals surface area contributed by atoms with Crippen molar-refractivity contribution in [2.45, 2.75) is 32.6 Å². The predicted octanol–water partition coefficient (Wildman–Crippen LogP) is 4.59. The van der Waals surface area contributed by atoms with Crippen LogP contribution in [0.25, 0.3) is 10.8 Å². The van der Waals surface area contributed by atoms with Crippen molar-refractivity contribution < 1.29 is 9.53 Å². The molecule has 2 aromatic rings. The zero-order valence-corrected chi connectivity index (χ0v) is 13.5. The van der Waals surface area contributed by atoms with Gasteiger partial charge < -0.3 is 4.74 Å². The van der Waals surface area contributed by atoms with E-state index in [1.165, 1.54) is 0 Å². The van der Waals surface area contributed by atoms with E-state index in [1.54, 1.807) is 6.20 Å². The van der Waals surface area contributed by atoms with Gasteiger partial charge >= 0.3 is 0 Å². The standard InChI is InChI=1S/C18H20ClNO2/c1-12-3-2-4-14-17(12)15(11-20-18(14)19)16(21)6-5-13-7-9-22-10-8-13/h2-4,11,13H,5-10H2,1H3. The molecule has 0 aliphatic carbocycles. The minimum absolute atomic E-state index is 0.162. The smallest absolute Gasteiger partial charge is 0.165 e. The molecule has 1 aliphatic heterocycles. The molecule has 0 N–H and O–H groups in total. The Bertz CT molecular complexity index is 693. The van der Waals surface area contributed by atoms with Gasteiger partial charge in [-0.25, -0.2) is 4.98 Å². The summed E-state index contributed by atoms with van der Waals surface area (Å²) in [6.45, 7) is 3.65. The fourth-order valence-electron chi connectivity index (χ4n) is 3.17. The van der Waals surface area contributed by atoms with Crippen LogP contribution in [0.15, 0.2) is 24.4 Å². The highest BCUT2D eigenvalue weighted by Crippen LogP contribution is 2.29. The van der Waals surface area contributed by atoms with Gasteiger partial charge in [0.05, 0.1) is 0 Å². The van der Waals surface area contributed by atoms with E-state index in [-0.39, 0.29) is 5.78 Å². The Morgan fingerprint density at radius 3 is 2.91 bits per heavy atom. The lowest BCUT2D eigenvalue weighted by molar-refractivity contribution is 0.0619. The van der Waals surface area contributed by atoms with E-state index in [4.69, 9.17) is 16.3 Å². The van der Waals surface area contributed by atoms with Gasteiger partial charge in [-0.05, 0) is 37.7 Å². The number of hydrogen-bond acceptors (Lipinski definition) is 3. The molecular formula is C18H20ClNO2. The minimum atomic E-state index is 0.162. The number of Topliss-reactive ketones (excluding diaryl/α,β-unsaturated/α-hetero) is 1. The number of carbonyl (C=O) groups is 1. The van der Waals surface area contributed by atoms with Crippen LogP contribution in [0, 0.1) is 12.8 Å². The van der Waals surface area contributed by atoms with Gasteiger partial charge in [0.1, 0.15) is 5.15 Å². The lowest BCUT2D eigenvalue weighted by atomic mass is 9.91. The van der Waals surface area contributed by atoms with Crippen LogP contribution in [0.1, 0.15) is 41.6 Å². The molecule has 116 valence electrons. The van der Waals surface area contributed by atoms with Crippen molar-refractivity contribution in [3.05, 3.63) is 40.7 Å². The third kappa shape index (κ3) is 3.16. The number of ketones is 1. The second-order valence-corrected chi connectivity index (χ2v) is 6.34. The summed E-state index contributed by atoms with van der Waals surface area (Å²) in [7, 11) is 0. The predicted molar refractivity (Wildman–Crippen MR) is 88.6 cm³/mol. The first-order chi connectivity index (χ1) is 10.7. The van der Waals surface area contributed by atoms with E-state index < -0.39 is 0 Å². The first kappa shape index (κ1) is 15.4. The molecular weight excluding hydrogens is 298 g/mol. The number of fused-ring (bicyclic) bond motifs is 1. The molecule has 4 heteroatoms. The molecule has 2 heterocycles. The van der Waals surface area contributed by atoms with Gasteiger partial charge in [0.15, 0.2) is 5.78 Å². The molecule has 0 spiro atoms. The molecule has 0 unspecified atom stereocenters. The van der Waals surface area contributed by atoms with Crippen LogP contribution in [-0.2, 0) is 4.74 Å². The van der Waals surface area contributed by atoms with Gasteiger partial charge in [0.2, 0.25) is 0 Å². The Kier molecular flexibility index (Phi) is 4.74. The zero-order valence-electron chi connectivity index (χ0n) is 12.8. The van der Waals surface area contributed by atoms with Gasteiger partial charge in [-0.2, -0.15) is 0 Å². The quantitative estimate of drug-likeness (QED) is 0.611. The Morgan fingerprint density at radius 2 is 2.14 bits per heavy atom. The summed E-state index contributed by atoms with van der Waals surface area (Å²) in [5.41, 5.74) is 1.76. The molecule has 0 bridgehead atoms. The number of pyridine rings is 1. The van der Waals surface area contributed by atoms with Crippen molar-refractivity contribution in [3.8, 4) is 0 Å². The van der Waals surface area contributed by atoms with Gasteiger partial charge in [-0.15, -0.1) is 0 Å². The fraction of sp³-hybridized carbons (Fsp3) is 0.444. The van der Waals surface area contributed by atoms with E-state index in [0.717, 1.165) is 48.8 Å². The summed E-state index contributed by atoms with van der Waals surface area (Å²) in [5.74, 6) is 0.764. The summed E-state index contributed by atoms with van der Waals surface area (Å²) in [5, 5.41) is 2.26. The second-order valence-electron chi connectivity index (χ2n) is 5.98. The first-order valence-corrected chi connectivity index (χ1v) is 8.19. The van der Waals surface area contributed by atoms with Crippen molar-refractivity contribution in [3.63, 3.8) is 0 Å². The second kappa shape index (κ2) is 6.76. The molecule has 1 saturated heterocycles. The maximum Gasteiger partial charge on any atom is 0.165 e. The number of hydrogen-bond donors (Lipinski definition) is 0. The fourth-order valence-corrected chi connectivity index (χ4v) is 3.38. The lowest BCUT2D eigenvalue weighted by Gasteiger charge is -2.21. The minimum Gasteiger partial charge on any atom is -0.381 e. The van der Waals surface area contributed by atoms with E-state index >= 15 is 0 Å². The molecule has 1 aromatic carbocycles. The van der Waals surface area contributed by atoms with Crippen molar-refractivity contribution in [1.29, 1.82) is 0 Å². The zero-order chi connectivity index (χ0) is 15.5. The Balaban J connectivity index is 1.83. The molecule has 3 nitrogen and oxygen atoms in total. The number of ether oxygens (including phenoxy) is 1. The number of rotatable bonds is 4. The Labute approximate surface area is 135 Å². The monoisotopic (exact) mass is 317 g/mol. The summed E-state index contributed by atoms with van der Waals surface area (Å²) in [6.07, 6.45) is 5.25. The van der Waals surface area contributed by atoms with Crippen LogP contribution >= 0.6 is 11.6 Å². The van der Waals surface area contributed by atoms with Gasteiger partial charge in [-0.1, -0.05) is 29.8 Å². The normalized spacial score (nSPS) is 16.1. The summed E-state index contributed by atoms with van der Waals surface area (Å²) >= 11 is 6.17. The number of aryl methyl sites for hydroxylation is 1. The van der Waals surface area contributed by atoms with Crippen LogP contribution in [0.2, 0.25) is 5.15 Å². The van der Waals surface area contributed by atoms with Gasteiger partial charge in [0.25, 0.3) is 0 Å². The SMILES string of the molecule is Cc1cccc2c(Cl)ncc(C(=O)CCC3CCOCC3)c12. The van der Waals surface area contributed by atoms with Crippen molar-refractivity contribution in [1.82, 2.24) is 4.98 Å². The average molecular weight is 318 g/mol. The van der Waals surface area contributed by atoms with E-state index in [0.29, 0.717) is 23.1 Å². The molecule has 22 heavy (non-hydrogen) atoms. The molecule has 0 amide bonds. The molecule has 1 aromatic heterocycles. The van der Waals surface area contributed by atoms with E-state index in [9.17, 15) is 4.79 Å². The number of aromatic nitrogens is 1. The number of benzene rings is 1. The molecule has 0 saturated carbocycles. The molecule has 0 atom stereocenters. The third-order valence-electron chi connectivity index (χ3n) is 4.49. The van der Waals surface area contributed by atoms with Crippen LogP contribution in [0.5, 0.6) is 0 Å². The molecule has 1 fully saturated rings. The molecule has 3 rings (SSSR count). The van der Waals surface area contributed by atoms with Crippen molar-refractivity contribution >= 4 is 28.2 Å². The maximum absolute atomic E-state index is 12.7. The Morgan fingerprint density at radius 1 is 1.36 bits per heavy atom. The van der Waals surface area contributed by atoms with Crippen LogP contribution in [0.4, 0.5) is 0 Å². The van der Waals surface area contributed by atoms with Crippen molar-refractivity contribution in [2.75, 3.05) is 13.2 Å². The number of nitrogens with zero attached hydrogens (tertiary/aromatic N) is 1. The van der Waals surface area contributed by atoms with Crippen LogP contribution in [-0.4, -0.2) is 24.0 Å². The highest BCUT2D eigenvalue weighted by atomic mass is 35.5. The molecule has 0 radical (unpaired) electrons. The van der Waals surface area contributed by atoms with Gasteiger partial charge in [-0.3, -0.25) is 4.79 Å². The largest absolute Gasteiger partial charge is 0.381 e. The summed E-state index contributed by atoms with van der Waals surface area (Å²) in [4.78, 5) is 16.8. The number of carbonyl (C=O) groups excluding carboxylic acids is 1. The lowest BCUT2D eigenvalue weighted by Crippen LogP contribution is -2.16. The number of halogens is 1. The third-order valence-corrected chi connectivity index (χ3v) is 4.79. The maximum atomic E-state index is 12.7. The highest BCUT2D eigenvalue weighted by Gasteiger charge is 2.18. The van der Waals surface area contributed by atoms with E-state index in [1.807, 2.05) is 25.1 Å². The Hall–Kier alpha value is -1.45. The summed E-state index contributed by atoms with van der Waals surface area (Å²) < 4.78 is 5.37. The van der Waals surface area contributed by atoms with Crippen LogP contribution < -0.4 is 0 Å².